The predicted molar refractivity (Wildman–Crippen MR) is 108 cm³/mol. The standard InChI is InChI=1S/C18H10Cl3F3N2O3S/c19-11-1-6-14(20)16(8-11)26-30(27,28)13-4-2-12(3-5-13)29-17-15(21)7-10(9-25-17)18(22,23)24/h1-9,26H. The zero-order valence-corrected chi connectivity index (χ0v) is 17.6. The molecule has 1 aromatic heterocycles. The highest BCUT2D eigenvalue weighted by Gasteiger charge is 2.31. The summed E-state index contributed by atoms with van der Waals surface area (Å²) in [5.74, 6) is -0.145. The van der Waals surface area contributed by atoms with Crippen LogP contribution in [0.5, 0.6) is 11.6 Å². The fourth-order valence-electron chi connectivity index (χ4n) is 2.23. The number of ether oxygens (including phenoxy) is 1. The fourth-order valence-corrected chi connectivity index (χ4v) is 3.90. The number of hydrogen-bond donors (Lipinski definition) is 1. The van der Waals surface area contributed by atoms with E-state index in [2.05, 4.69) is 9.71 Å². The first-order valence-electron chi connectivity index (χ1n) is 7.94. The summed E-state index contributed by atoms with van der Waals surface area (Å²) < 4.78 is 70.7. The third-order valence-electron chi connectivity index (χ3n) is 3.66. The number of sulfonamides is 1. The van der Waals surface area contributed by atoms with Crippen LogP contribution in [0.2, 0.25) is 15.1 Å². The van der Waals surface area contributed by atoms with Crippen LogP contribution in [-0.4, -0.2) is 13.4 Å². The summed E-state index contributed by atoms with van der Waals surface area (Å²) in [4.78, 5) is 3.44. The number of halogens is 6. The van der Waals surface area contributed by atoms with Crippen molar-refractivity contribution in [1.29, 1.82) is 0 Å². The van der Waals surface area contributed by atoms with Crippen molar-refractivity contribution in [1.82, 2.24) is 4.98 Å². The van der Waals surface area contributed by atoms with E-state index in [1.54, 1.807) is 0 Å². The van der Waals surface area contributed by atoms with Crippen LogP contribution in [0.15, 0.2) is 59.6 Å². The highest BCUT2D eigenvalue weighted by Crippen LogP contribution is 2.35. The number of nitrogens with one attached hydrogen (secondary N) is 1. The molecule has 1 heterocycles. The molecule has 2 aromatic carbocycles. The third-order valence-corrected chi connectivity index (χ3v) is 5.87. The van der Waals surface area contributed by atoms with Crippen molar-refractivity contribution in [2.24, 2.45) is 0 Å². The molecule has 0 aliphatic rings. The molecule has 0 radical (unpaired) electrons. The molecule has 0 bridgehead atoms. The van der Waals surface area contributed by atoms with E-state index in [1.807, 2.05) is 0 Å². The molecule has 12 heteroatoms. The van der Waals surface area contributed by atoms with Crippen LogP contribution < -0.4 is 9.46 Å². The van der Waals surface area contributed by atoms with Crippen molar-refractivity contribution in [2.45, 2.75) is 11.1 Å². The van der Waals surface area contributed by atoms with Gasteiger partial charge in [0.05, 0.1) is 21.2 Å². The van der Waals surface area contributed by atoms with Gasteiger partial charge in [-0.05, 0) is 48.5 Å². The minimum absolute atomic E-state index is 0.102. The molecule has 3 aromatic rings. The minimum atomic E-state index is -4.59. The van der Waals surface area contributed by atoms with Gasteiger partial charge < -0.3 is 4.74 Å². The zero-order chi connectivity index (χ0) is 22.1. The number of pyridine rings is 1. The second kappa shape index (κ2) is 8.50. The average molecular weight is 498 g/mol. The SMILES string of the molecule is O=S(=O)(Nc1cc(Cl)ccc1Cl)c1ccc(Oc2ncc(C(F)(F)F)cc2Cl)cc1. The van der Waals surface area contributed by atoms with Crippen LogP contribution in [0, 0.1) is 0 Å². The van der Waals surface area contributed by atoms with Crippen molar-refractivity contribution < 1.29 is 26.3 Å². The van der Waals surface area contributed by atoms with E-state index in [9.17, 15) is 21.6 Å². The molecular formula is C18H10Cl3F3N2O3S. The molecule has 30 heavy (non-hydrogen) atoms. The Morgan fingerprint density at radius 3 is 2.20 bits per heavy atom. The normalized spacial score (nSPS) is 11.9. The van der Waals surface area contributed by atoms with E-state index >= 15 is 0 Å². The van der Waals surface area contributed by atoms with E-state index in [1.165, 1.54) is 42.5 Å². The van der Waals surface area contributed by atoms with Gasteiger partial charge in [0, 0.05) is 11.2 Å². The maximum Gasteiger partial charge on any atom is 0.417 e. The molecule has 5 nitrogen and oxygen atoms in total. The first-order valence-corrected chi connectivity index (χ1v) is 10.6. The summed E-state index contributed by atoms with van der Waals surface area (Å²) in [6.07, 6.45) is -4.01. The quantitative estimate of drug-likeness (QED) is 0.428. The smallest absolute Gasteiger partial charge is 0.417 e. The lowest BCUT2D eigenvalue weighted by Gasteiger charge is -2.12. The summed E-state index contributed by atoms with van der Waals surface area (Å²) >= 11 is 17.6. The van der Waals surface area contributed by atoms with Crippen LogP contribution in [0.25, 0.3) is 0 Å². The van der Waals surface area contributed by atoms with Crippen LogP contribution in [0.1, 0.15) is 5.56 Å². The number of aromatic nitrogens is 1. The number of nitrogens with zero attached hydrogens (tertiary/aromatic N) is 1. The Bertz CT molecular complexity index is 1190. The monoisotopic (exact) mass is 496 g/mol. The van der Waals surface area contributed by atoms with Crippen molar-refractivity contribution in [3.63, 3.8) is 0 Å². The number of hydrogen-bond acceptors (Lipinski definition) is 4. The van der Waals surface area contributed by atoms with Gasteiger partial charge in [-0.25, -0.2) is 13.4 Å². The van der Waals surface area contributed by atoms with Gasteiger partial charge >= 0.3 is 6.18 Å². The van der Waals surface area contributed by atoms with Gasteiger partial charge in [-0.15, -0.1) is 0 Å². The highest BCUT2D eigenvalue weighted by molar-refractivity contribution is 7.92. The fraction of sp³-hybridized carbons (Fsp3) is 0.0556. The molecule has 0 saturated carbocycles. The number of anilines is 1. The van der Waals surface area contributed by atoms with Gasteiger partial charge in [-0.2, -0.15) is 13.2 Å². The summed E-state index contributed by atoms with van der Waals surface area (Å²) in [7, 11) is -3.99. The second-order valence-electron chi connectivity index (χ2n) is 5.81. The topological polar surface area (TPSA) is 68.3 Å². The highest BCUT2D eigenvalue weighted by atomic mass is 35.5. The maximum absolute atomic E-state index is 12.7. The minimum Gasteiger partial charge on any atom is -0.438 e. The van der Waals surface area contributed by atoms with Crippen LogP contribution >= 0.6 is 34.8 Å². The molecule has 0 atom stereocenters. The molecule has 0 saturated heterocycles. The summed E-state index contributed by atoms with van der Waals surface area (Å²) in [5, 5.41) is 0.103. The average Bonchev–Trinajstić information content (AvgIpc) is 2.66. The van der Waals surface area contributed by atoms with Crippen molar-refractivity contribution >= 4 is 50.5 Å². The lowest BCUT2D eigenvalue weighted by atomic mass is 10.3. The van der Waals surface area contributed by atoms with Gasteiger partial charge in [-0.1, -0.05) is 34.8 Å². The van der Waals surface area contributed by atoms with E-state index in [4.69, 9.17) is 39.5 Å². The maximum atomic E-state index is 12.7. The van der Waals surface area contributed by atoms with E-state index in [0.29, 0.717) is 17.3 Å². The van der Waals surface area contributed by atoms with Crippen molar-refractivity contribution in [3.05, 3.63) is 75.4 Å². The Kier molecular flexibility index (Phi) is 6.37. The molecule has 0 amide bonds. The molecule has 0 aliphatic carbocycles. The zero-order valence-electron chi connectivity index (χ0n) is 14.5. The van der Waals surface area contributed by atoms with Crippen molar-refractivity contribution in [2.75, 3.05) is 4.72 Å². The molecule has 0 spiro atoms. The number of rotatable bonds is 5. The summed E-state index contributed by atoms with van der Waals surface area (Å²) in [6, 6.07) is 10.0. The van der Waals surface area contributed by atoms with Crippen molar-refractivity contribution in [3.8, 4) is 11.6 Å². The first-order chi connectivity index (χ1) is 14.0. The van der Waals surface area contributed by atoms with Gasteiger partial charge in [0.2, 0.25) is 5.88 Å². The summed E-state index contributed by atoms with van der Waals surface area (Å²) in [5.41, 5.74) is -0.919. The Morgan fingerprint density at radius 1 is 0.933 bits per heavy atom. The molecule has 3 rings (SSSR count). The third kappa shape index (κ3) is 5.28. The Labute approximate surface area is 184 Å². The molecule has 0 fully saturated rings. The largest absolute Gasteiger partial charge is 0.438 e. The van der Waals surface area contributed by atoms with E-state index < -0.39 is 21.8 Å². The lowest BCUT2D eigenvalue weighted by molar-refractivity contribution is -0.137. The Balaban J connectivity index is 1.78. The number of benzene rings is 2. The molecule has 0 aliphatic heterocycles. The second-order valence-corrected chi connectivity index (χ2v) is 8.75. The van der Waals surface area contributed by atoms with Gasteiger partial charge in [0.15, 0.2) is 0 Å². The van der Waals surface area contributed by atoms with E-state index in [-0.39, 0.29) is 32.3 Å². The Morgan fingerprint density at radius 2 is 1.60 bits per heavy atom. The van der Waals surface area contributed by atoms with Gasteiger partial charge in [-0.3, -0.25) is 4.72 Å². The molecular weight excluding hydrogens is 488 g/mol. The summed E-state index contributed by atoms with van der Waals surface area (Å²) in [6.45, 7) is 0. The van der Waals surface area contributed by atoms with Gasteiger partial charge in [0.25, 0.3) is 10.0 Å². The molecule has 1 N–H and O–H groups in total. The van der Waals surface area contributed by atoms with Crippen LogP contribution in [0.3, 0.4) is 0 Å². The molecule has 158 valence electrons. The van der Waals surface area contributed by atoms with E-state index in [0.717, 1.165) is 0 Å². The number of alkyl halides is 3. The molecule has 0 unspecified atom stereocenters. The predicted octanol–water partition coefficient (Wildman–Crippen LogP) is 6.65. The lowest BCUT2D eigenvalue weighted by Crippen LogP contribution is -2.13. The van der Waals surface area contributed by atoms with Crippen LogP contribution in [0.4, 0.5) is 18.9 Å². The van der Waals surface area contributed by atoms with Gasteiger partial charge in [0.1, 0.15) is 10.8 Å². The van der Waals surface area contributed by atoms with Crippen LogP contribution in [-0.2, 0) is 16.2 Å². The first kappa shape index (κ1) is 22.5. The Hall–Kier alpha value is -2.20.